The second-order valence-corrected chi connectivity index (χ2v) is 6.90. The molecule has 0 aromatic heterocycles. The maximum Gasteiger partial charge on any atom is 0.244 e. The Morgan fingerprint density at radius 3 is 2.43 bits per heavy atom. The first-order valence-corrected chi connectivity index (χ1v) is 9.38. The molecule has 0 spiro atoms. The van der Waals surface area contributed by atoms with Crippen LogP contribution in [-0.4, -0.2) is 12.1 Å². The predicted molar refractivity (Wildman–Crippen MR) is 113 cm³/mol. The minimum Gasteiger partial charge on any atom is -0.487 e. The van der Waals surface area contributed by atoms with Crippen molar-refractivity contribution in [2.45, 2.75) is 13.0 Å². The lowest BCUT2D eigenvalue weighted by molar-refractivity contribution is -0.120. The number of rotatable bonds is 7. The van der Waals surface area contributed by atoms with E-state index in [1.807, 2.05) is 36.4 Å². The summed E-state index contributed by atoms with van der Waals surface area (Å²) in [5, 5.41) is 5.08. The molecule has 0 saturated heterocycles. The fourth-order valence-electron chi connectivity index (χ4n) is 2.46. The number of carbonyl (C=O) groups is 1. The highest BCUT2D eigenvalue weighted by Crippen LogP contribution is 2.25. The number of hydrogen-bond acceptors (Lipinski definition) is 3. The zero-order chi connectivity index (χ0) is 19.8. The van der Waals surface area contributed by atoms with E-state index in [0.29, 0.717) is 22.4 Å². The summed E-state index contributed by atoms with van der Waals surface area (Å²) >= 11 is 12.1. The van der Waals surface area contributed by atoms with Crippen LogP contribution >= 0.6 is 23.2 Å². The average molecular weight is 413 g/mol. The molecule has 28 heavy (non-hydrogen) atoms. The zero-order valence-corrected chi connectivity index (χ0v) is 16.5. The van der Waals surface area contributed by atoms with Crippen molar-refractivity contribution in [3.05, 3.63) is 99.5 Å². The number of halogens is 2. The number of hydrazone groups is 1. The van der Waals surface area contributed by atoms with E-state index < -0.39 is 0 Å². The molecule has 0 saturated carbocycles. The van der Waals surface area contributed by atoms with E-state index in [-0.39, 0.29) is 12.3 Å². The molecule has 3 aromatic rings. The van der Waals surface area contributed by atoms with Crippen LogP contribution in [0.3, 0.4) is 0 Å². The normalized spacial score (nSPS) is 10.8. The highest BCUT2D eigenvalue weighted by molar-refractivity contribution is 6.32. The van der Waals surface area contributed by atoms with Gasteiger partial charge in [0.1, 0.15) is 12.4 Å². The minimum atomic E-state index is -0.215. The summed E-state index contributed by atoms with van der Waals surface area (Å²) in [6.07, 6.45) is 1.76. The Morgan fingerprint density at radius 2 is 1.71 bits per heavy atom. The topological polar surface area (TPSA) is 50.7 Å². The molecule has 0 aliphatic carbocycles. The third kappa shape index (κ3) is 6.12. The largest absolute Gasteiger partial charge is 0.487 e. The monoisotopic (exact) mass is 412 g/mol. The van der Waals surface area contributed by atoms with Gasteiger partial charge >= 0.3 is 0 Å². The zero-order valence-electron chi connectivity index (χ0n) is 14.9. The first-order valence-electron chi connectivity index (χ1n) is 8.63. The Labute approximate surface area is 173 Å². The van der Waals surface area contributed by atoms with Crippen molar-refractivity contribution in [3.63, 3.8) is 0 Å². The third-order valence-electron chi connectivity index (χ3n) is 3.87. The molecular weight excluding hydrogens is 395 g/mol. The maximum atomic E-state index is 11.9. The van der Waals surface area contributed by atoms with Gasteiger partial charge in [0.15, 0.2) is 0 Å². The van der Waals surface area contributed by atoms with Crippen molar-refractivity contribution in [1.29, 1.82) is 0 Å². The first-order chi connectivity index (χ1) is 13.6. The van der Waals surface area contributed by atoms with E-state index in [4.69, 9.17) is 27.9 Å². The van der Waals surface area contributed by atoms with Crippen LogP contribution in [0.5, 0.6) is 5.75 Å². The molecule has 4 nitrogen and oxygen atoms in total. The summed E-state index contributed by atoms with van der Waals surface area (Å²) in [6, 6.07) is 22.3. The van der Waals surface area contributed by atoms with Crippen LogP contribution in [0.4, 0.5) is 0 Å². The molecule has 0 unspecified atom stereocenters. The van der Waals surface area contributed by atoms with Crippen LogP contribution in [0, 0.1) is 0 Å². The van der Waals surface area contributed by atoms with Crippen molar-refractivity contribution >= 4 is 35.3 Å². The molecular formula is C22H18Cl2N2O2. The minimum absolute atomic E-state index is 0.215. The van der Waals surface area contributed by atoms with Gasteiger partial charge in [-0.3, -0.25) is 4.79 Å². The number of ether oxygens (including phenoxy) is 1. The Hall–Kier alpha value is -2.82. The van der Waals surface area contributed by atoms with Crippen LogP contribution in [0.2, 0.25) is 10.0 Å². The molecule has 0 fully saturated rings. The van der Waals surface area contributed by atoms with Crippen LogP contribution < -0.4 is 10.2 Å². The maximum absolute atomic E-state index is 11.9. The SMILES string of the molecule is O=C(Cc1ccc(Cl)cc1)N/N=C\c1ccc(OCc2ccccc2)c(Cl)c1. The van der Waals surface area contributed by atoms with Gasteiger partial charge in [-0.2, -0.15) is 5.10 Å². The molecule has 0 radical (unpaired) electrons. The molecule has 0 heterocycles. The Bertz CT molecular complexity index is 958. The van der Waals surface area contributed by atoms with Gasteiger partial charge in [0, 0.05) is 5.02 Å². The summed E-state index contributed by atoms with van der Waals surface area (Å²) in [7, 11) is 0. The Balaban J connectivity index is 1.51. The summed E-state index contributed by atoms with van der Waals surface area (Å²) in [4.78, 5) is 11.9. The summed E-state index contributed by atoms with van der Waals surface area (Å²) in [5.74, 6) is 0.377. The number of nitrogens with zero attached hydrogens (tertiary/aromatic N) is 1. The van der Waals surface area contributed by atoms with E-state index in [2.05, 4.69) is 10.5 Å². The van der Waals surface area contributed by atoms with E-state index in [1.165, 1.54) is 6.21 Å². The molecule has 1 N–H and O–H groups in total. The molecule has 0 aliphatic heterocycles. The van der Waals surface area contributed by atoms with Crippen LogP contribution in [0.1, 0.15) is 16.7 Å². The summed E-state index contributed by atoms with van der Waals surface area (Å²) < 4.78 is 5.74. The van der Waals surface area contributed by atoms with Gasteiger partial charge in [-0.1, -0.05) is 65.7 Å². The van der Waals surface area contributed by atoms with Crippen molar-refractivity contribution in [1.82, 2.24) is 5.43 Å². The number of nitrogens with one attached hydrogen (secondary N) is 1. The van der Waals surface area contributed by atoms with Crippen LogP contribution in [0.15, 0.2) is 77.9 Å². The number of benzene rings is 3. The van der Waals surface area contributed by atoms with E-state index >= 15 is 0 Å². The van der Waals surface area contributed by atoms with E-state index in [0.717, 1.165) is 16.7 Å². The van der Waals surface area contributed by atoms with Gasteiger partial charge < -0.3 is 4.74 Å². The molecule has 6 heteroatoms. The highest BCUT2D eigenvalue weighted by atomic mass is 35.5. The van der Waals surface area contributed by atoms with Gasteiger partial charge in [-0.25, -0.2) is 5.43 Å². The average Bonchev–Trinajstić information content (AvgIpc) is 2.70. The fraction of sp³-hybridized carbons (Fsp3) is 0.0909. The number of amides is 1. The van der Waals surface area contributed by atoms with Gasteiger partial charge in [0.05, 0.1) is 17.7 Å². The number of carbonyl (C=O) groups excluding carboxylic acids is 1. The van der Waals surface area contributed by atoms with Gasteiger partial charge in [-0.15, -0.1) is 0 Å². The molecule has 0 aliphatic rings. The smallest absolute Gasteiger partial charge is 0.244 e. The lowest BCUT2D eigenvalue weighted by atomic mass is 10.1. The summed E-state index contributed by atoms with van der Waals surface area (Å²) in [6.45, 7) is 0.439. The molecule has 0 bridgehead atoms. The molecule has 142 valence electrons. The predicted octanol–water partition coefficient (Wildman–Crippen LogP) is 5.27. The first kappa shape index (κ1) is 19.9. The molecule has 3 aromatic carbocycles. The third-order valence-corrected chi connectivity index (χ3v) is 4.42. The van der Waals surface area contributed by atoms with Gasteiger partial charge in [0.25, 0.3) is 0 Å². The van der Waals surface area contributed by atoms with Crippen molar-refractivity contribution in [2.24, 2.45) is 5.10 Å². The van der Waals surface area contributed by atoms with E-state index in [1.54, 1.807) is 36.4 Å². The molecule has 1 amide bonds. The molecule has 0 atom stereocenters. The van der Waals surface area contributed by atoms with E-state index in [9.17, 15) is 4.79 Å². The lowest BCUT2D eigenvalue weighted by Crippen LogP contribution is -2.19. The quantitative estimate of drug-likeness (QED) is 0.424. The van der Waals surface area contributed by atoms with Crippen LogP contribution in [0.25, 0.3) is 0 Å². The van der Waals surface area contributed by atoms with Crippen molar-refractivity contribution < 1.29 is 9.53 Å². The second kappa shape index (κ2) is 9.93. The van der Waals surface area contributed by atoms with Crippen molar-refractivity contribution in [2.75, 3.05) is 0 Å². The highest BCUT2D eigenvalue weighted by Gasteiger charge is 2.04. The lowest BCUT2D eigenvalue weighted by Gasteiger charge is -2.08. The number of hydrogen-bond donors (Lipinski definition) is 1. The standard InChI is InChI=1S/C22H18Cl2N2O2/c23-19-9-6-16(7-10-19)13-22(27)26-25-14-18-8-11-21(20(24)12-18)28-15-17-4-2-1-3-5-17/h1-12,14H,13,15H2,(H,26,27)/b25-14-. The molecule has 3 rings (SSSR count). The Morgan fingerprint density at radius 1 is 0.964 bits per heavy atom. The van der Waals surface area contributed by atoms with Crippen LogP contribution in [-0.2, 0) is 17.8 Å². The van der Waals surface area contributed by atoms with Crippen molar-refractivity contribution in [3.8, 4) is 5.75 Å². The fourth-order valence-corrected chi connectivity index (χ4v) is 2.83. The van der Waals surface area contributed by atoms with Gasteiger partial charge in [0.2, 0.25) is 5.91 Å². The van der Waals surface area contributed by atoms with Gasteiger partial charge in [-0.05, 0) is 47.0 Å². The Kier molecular flexibility index (Phi) is 7.06. The second-order valence-electron chi connectivity index (χ2n) is 6.06. The summed E-state index contributed by atoms with van der Waals surface area (Å²) in [5.41, 5.74) is 5.18.